The number of carbonyl (C=O) groups excluding carboxylic acids is 2. The van der Waals surface area contributed by atoms with Crippen molar-refractivity contribution in [1.29, 1.82) is 0 Å². The second kappa shape index (κ2) is 10.1. The number of nitrogens with zero attached hydrogens (tertiary/aromatic N) is 6. The maximum absolute atomic E-state index is 13.5. The van der Waals surface area contributed by atoms with Gasteiger partial charge in [0.15, 0.2) is 5.82 Å². The molecule has 11 nitrogen and oxygen atoms in total. The van der Waals surface area contributed by atoms with Crippen molar-refractivity contribution in [2.45, 2.75) is 32.6 Å². The number of benzene rings is 1. The lowest BCUT2D eigenvalue weighted by atomic mass is 9.79. The Kier molecular flexibility index (Phi) is 6.31. The van der Waals surface area contributed by atoms with Gasteiger partial charge < -0.3 is 14.1 Å². The van der Waals surface area contributed by atoms with Gasteiger partial charge in [-0.1, -0.05) is 35.9 Å². The first-order valence-electron chi connectivity index (χ1n) is 12.6. The number of aromatic amines is 1. The van der Waals surface area contributed by atoms with Gasteiger partial charge in [-0.25, -0.2) is 14.6 Å². The van der Waals surface area contributed by atoms with Crippen LogP contribution in [0.1, 0.15) is 53.3 Å². The average molecular weight is 524 g/mol. The Morgan fingerprint density at radius 3 is 2.59 bits per heavy atom. The van der Waals surface area contributed by atoms with E-state index in [1.54, 1.807) is 19.4 Å². The van der Waals surface area contributed by atoms with E-state index in [1.165, 1.54) is 24.4 Å². The van der Waals surface area contributed by atoms with Crippen molar-refractivity contribution in [2.24, 2.45) is 5.92 Å². The molecule has 196 valence electrons. The molecular formula is C28H25N7O4. The van der Waals surface area contributed by atoms with Gasteiger partial charge in [0, 0.05) is 17.7 Å². The molecule has 0 radical (unpaired) electrons. The highest BCUT2D eigenvalue weighted by molar-refractivity contribution is 6.46. The van der Waals surface area contributed by atoms with E-state index < -0.39 is 17.5 Å². The molecule has 0 atom stereocenters. The lowest BCUT2D eigenvalue weighted by Crippen LogP contribution is -2.26. The molecule has 1 aliphatic carbocycles. The zero-order valence-corrected chi connectivity index (χ0v) is 21.4. The van der Waals surface area contributed by atoms with Crippen LogP contribution in [0.3, 0.4) is 0 Å². The number of hydrogen-bond acceptors (Lipinski definition) is 9. The third-order valence-corrected chi connectivity index (χ3v) is 7.12. The van der Waals surface area contributed by atoms with Crippen LogP contribution < -0.4 is 4.74 Å². The normalized spacial score (nSPS) is 15.4. The van der Waals surface area contributed by atoms with Crippen molar-refractivity contribution in [2.75, 3.05) is 7.11 Å². The molecule has 4 aromatic heterocycles. The number of allylic oxidation sites excluding steroid dienone is 1. The molecule has 6 rings (SSSR count). The lowest BCUT2D eigenvalue weighted by molar-refractivity contribution is -0.119. The summed E-state index contributed by atoms with van der Waals surface area (Å²) < 4.78 is 12.6. The molecule has 1 N–H and O–H groups in total. The van der Waals surface area contributed by atoms with Crippen LogP contribution in [0.4, 0.5) is 0 Å². The SMILES string of the molecule is COc1cnc(-n2cnc(C)n2)c2[nH]cc(C(=O)C(=O)C3CCC(=C(c4ccccc4)c4nnco4)CC3)c12. The second-order valence-electron chi connectivity index (χ2n) is 9.39. The van der Waals surface area contributed by atoms with Crippen LogP contribution in [0.15, 0.2) is 65.4 Å². The number of methoxy groups -OCH3 is 1. The number of aromatic nitrogens is 7. The Bertz CT molecular complexity index is 1690. The van der Waals surface area contributed by atoms with Crippen LogP contribution in [0.2, 0.25) is 0 Å². The zero-order chi connectivity index (χ0) is 26.9. The van der Waals surface area contributed by atoms with E-state index in [1.807, 2.05) is 30.3 Å². The van der Waals surface area contributed by atoms with Crippen LogP contribution in [0.25, 0.3) is 22.3 Å². The molecule has 39 heavy (non-hydrogen) atoms. The van der Waals surface area contributed by atoms with Crippen molar-refractivity contribution in [3.63, 3.8) is 0 Å². The Balaban J connectivity index is 1.28. The number of nitrogens with one attached hydrogen (secondary N) is 1. The molecule has 4 heterocycles. The molecule has 1 fully saturated rings. The number of carbonyl (C=O) groups is 2. The van der Waals surface area contributed by atoms with Gasteiger partial charge in [-0.15, -0.1) is 10.2 Å². The number of fused-ring (bicyclic) bond motifs is 1. The summed E-state index contributed by atoms with van der Waals surface area (Å²) in [6.45, 7) is 1.77. The maximum Gasteiger partial charge on any atom is 0.247 e. The fourth-order valence-corrected chi connectivity index (χ4v) is 5.22. The van der Waals surface area contributed by atoms with Crippen LogP contribution in [0, 0.1) is 12.8 Å². The lowest BCUT2D eigenvalue weighted by Gasteiger charge is -2.24. The van der Waals surface area contributed by atoms with Crippen LogP contribution in [-0.4, -0.2) is 53.6 Å². The Labute approximate surface area is 222 Å². The van der Waals surface area contributed by atoms with Gasteiger partial charge in [0.1, 0.15) is 17.9 Å². The van der Waals surface area contributed by atoms with Gasteiger partial charge in [0.05, 0.1) is 29.8 Å². The Hall–Kier alpha value is -4.93. The predicted octanol–water partition coefficient (Wildman–Crippen LogP) is 4.29. The van der Waals surface area contributed by atoms with Crippen molar-refractivity contribution < 1.29 is 18.7 Å². The molecule has 0 saturated heterocycles. The average Bonchev–Trinajstić information content (AvgIpc) is 3.75. The van der Waals surface area contributed by atoms with Gasteiger partial charge in [-0.05, 0) is 38.2 Å². The summed E-state index contributed by atoms with van der Waals surface area (Å²) in [7, 11) is 1.50. The molecule has 0 aliphatic heterocycles. The minimum absolute atomic E-state index is 0.254. The standard InChI is InChI=1S/C28H25N7O4/c1-16-31-14-35(34-16)27-24-23(21(38-2)13-30-27)20(12-29-24)26(37)25(36)19-10-8-18(9-11-19)22(28-33-32-15-39-28)17-6-4-3-5-7-17/h3-7,12-15,19,29H,8-11H2,1-2H3. The van der Waals surface area contributed by atoms with Crippen molar-refractivity contribution in [3.05, 3.63) is 83.9 Å². The summed E-state index contributed by atoms with van der Waals surface area (Å²) in [6.07, 6.45) is 8.31. The van der Waals surface area contributed by atoms with E-state index in [0.717, 1.165) is 16.7 Å². The molecule has 1 aliphatic rings. The molecule has 0 bridgehead atoms. The number of hydrogen-bond donors (Lipinski definition) is 1. The Morgan fingerprint density at radius 2 is 1.92 bits per heavy atom. The summed E-state index contributed by atoms with van der Waals surface area (Å²) in [6, 6.07) is 9.87. The summed E-state index contributed by atoms with van der Waals surface area (Å²) in [5.74, 6) is 0.531. The van der Waals surface area contributed by atoms with Gasteiger partial charge in [-0.3, -0.25) is 9.59 Å². The number of aryl methyl sites for hydroxylation is 1. The molecule has 1 aromatic carbocycles. The number of ether oxygens (including phenoxy) is 1. The number of ketones is 2. The van der Waals surface area contributed by atoms with Crippen LogP contribution in [-0.2, 0) is 4.79 Å². The van der Waals surface area contributed by atoms with E-state index in [4.69, 9.17) is 9.15 Å². The monoisotopic (exact) mass is 523 g/mol. The van der Waals surface area contributed by atoms with Crippen molar-refractivity contribution >= 4 is 28.0 Å². The molecule has 0 spiro atoms. The largest absolute Gasteiger partial charge is 0.494 e. The molecule has 5 aromatic rings. The quantitative estimate of drug-likeness (QED) is 0.244. The molecule has 0 amide bonds. The Morgan fingerprint density at radius 1 is 1.13 bits per heavy atom. The van der Waals surface area contributed by atoms with E-state index in [2.05, 4.69) is 30.2 Å². The van der Waals surface area contributed by atoms with Crippen LogP contribution >= 0.6 is 0 Å². The van der Waals surface area contributed by atoms with Gasteiger partial charge >= 0.3 is 0 Å². The molecular weight excluding hydrogens is 498 g/mol. The van der Waals surface area contributed by atoms with Crippen LogP contribution in [0.5, 0.6) is 5.75 Å². The van der Waals surface area contributed by atoms with E-state index >= 15 is 0 Å². The smallest absolute Gasteiger partial charge is 0.247 e. The summed E-state index contributed by atoms with van der Waals surface area (Å²) >= 11 is 0. The highest BCUT2D eigenvalue weighted by Crippen LogP contribution is 2.38. The highest BCUT2D eigenvalue weighted by Gasteiger charge is 2.33. The third-order valence-electron chi connectivity index (χ3n) is 7.12. The maximum atomic E-state index is 13.5. The number of H-pyrrole nitrogens is 1. The van der Waals surface area contributed by atoms with E-state index in [0.29, 0.717) is 59.9 Å². The van der Waals surface area contributed by atoms with E-state index in [-0.39, 0.29) is 5.56 Å². The third kappa shape index (κ3) is 4.41. The molecule has 11 heteroatoms. The fourth-order valence-electron chi connectivity index (χ4n) is 5.22. The van der Waals surface area contributed by atoms with Crippen molar-refractivity contribution in [1.82, 2.24) is 34.9 Å². The summed E-state index contributed by atoms with van der Waals surface area (Å²) in [5.41, 5.74) is 3.81. The first-order valence-corrected chi connectivity index (χ1v) is 12.6. The zero-order valence-electron chi connectivity index (χ0n) is 21.4. The highest BCUT2D eigenvalue weighted by atomic mass is 16.5. The fraction of sp³-hybridized carbons (Fsp3) is 0.250. The van der Waals surface area contributed by atoms with Gasteiger partial charge in [-0.2, -0.15) is 5.10 Å². The number of Topliss-reactive ketones (excluding diaryl/α,β-unsaturated/α-hetero) is 2. The number of pyridine rings is 1. The second-order valence-corrected chi connectivity index (χ2v) is 9.39. The van der Waals surface area contributed by atoms with Gasteiger partial charge in [0.2, 0.25) is 23.9 Å². The van der Waals surface area contributed by atoms with Crippen molar-refractivity contribution in [3.8, 4) is 11.6 Å². The van der Waals surface area contributed by atoms with E-state index in [9.17, 15) is 9.59 Å². The summed E-state index contributed by atoms with van der Waals surface area (Å²) in [5, 5.41) is 12.8. The summed E-state index contributed by atoms with van der Waals surface area (Å²) in [4.78, 5) is 38.7. The topological polar surface area (TPSA) is 142 Å². The predicted molar refractivity (Wildman–Crippen MR) is 140 cm³/mol. The van der Waals surface area contributed by atoms with Gasteiger partial charge in [0.25, 0.3) is 0 Å². The minimum atomic E-state index is -0.552. The first-order chi connectivity index (χ1) is 19.0. The molecule has 1 saturated carbocycles. The minimum Gasteiger partial charge on any atom is -0.494 e. The molecule has 0 unspecified atom stereocenters. The number of rotatable bonds is 7. The first kappa shape index (κ1) is 24.4.